The van der Waals surface area contributed by atoms with E-state index in [0.717, 1.165) is 37.3 Å². The van der Waals surface area contributed by atoms with Gasteiger partial charge < -0.3 is 4.90 Å². The molecule has 0 atom stereocenters. The molecule has 1 heterocycles. The van der Waals surface area contributed by atoms with E-state index in [-0.39, 0.29) is 5.91 Å². The molecular formula is C16H22N4O. The minimum atomic E-state index is -0.0293. The number of hydrogen-bond donors (Lipinski definition) is 0. The zero-order valence-electron chi connectivity index (χ0n) is 12.9. The Kier molecular flexibility index (Phi) is 5.09. The molecule has 0 saturated heterocycles. The highest BCUT2D eigenvalue weighted by Gasteiger charge is 2.21. The molecule has 0 fully saturated rings. The van der Waals surface area contributed by atoms with Gasteiger partial charge in [-0.05, 0) is 31.9 Å². The molecule has 2 aromatic rings. The average molecular weight is 286 g/mol. The number of carbonyl (C=O) groups excluding carboxylic acids is 1. The van der Waals surface area contributed by atoms with Gasteiger partial charge in [-0.25, -0.2) is 4.68 Å². The molecule has 0 aliphatic rings. The molecule has 0 N–H and O–H groups in total. The van der Waals surface area contributed by atoms with Crippen molar-refractivity contribution in [3.63, 3.8) is 0 Å². The molecule has 0 unspecified atom stereocenters. The van der Waals surface area contributed by atoms with Gasteiger partial charge in [0, 0.05) is 13.1 Å². The van der Waals surface area contributed by atoms with Crippen LogP contribution in [0.5, 0.6) is 0 Å². The Hall–Kier alpha value is -2.17. The van der Waals surface area contributed by atoms with Crippen molar-refractivity contribution in [3.05, 3.63) is 41.7 Å². The monoisotopic (exact) mass is 286 g/mol. The third-order valence-corrected chi connectivity index (χ3v) is 3.37. The number of amides is 1. The summed E-state index contributed by atoms with van der Waals surface area (Å²) in [6.07, 6.45) is 1.88. The standard InChI is InChI=1S/C16H22N4O/c1-4-11-19(12-5-2)16(21)15-13(3)20(18-17-15)14-9-7-6-8-10-14/h6-10H,4-5,11-12H2,1-3H3. The van der Waals surface area contributed by atoms with E-state index in [1.807, 2.05) is 42.2 Å². The second kappa shape index (κ2) is 7.02. The van der Waals surface area contributed by atoms with Crippen LogP contribution in [0.3, 0.4) is 0 Å². The summed E-state index contributed by atoms with van der Waals surface area (Å²) in [6, 6.07) is 9.74. The highest BCUT2D eigenvalue weighted by Crippen LogP contribution is 2.14. The molecule has 1 amide bonds. The van der Waals surface area contributed by atoms with E-state index in [1.165, 1.54) is 0 Å². The number of hydrogen-bond acceptors (Lipinski definition) is 3. The minimum absolute atomic E-state index is 0.0293. The highest BCUT2D eigenvalue weighted by atomic mass is 16.2. The van der Waals surface area contributed by atoms with E-state index in [9.17, 15) is 4.79 Å². The Morgan fingerprint density at radius 1 is 1.14 bits per heavy atom. The van der Waals surface area contributed by atoms with Gasteiger partial charge in [-0.2, -0.15) is 0 Å². The van der Waals surface area contributed by atoms with Gasteiger partial charge in [0.1, 0.15) is 0 Å². The summed E-state index contributed by atoms with van der Waals surface area (Å²) in [5.74, 6) is -0.0293. The summed E-state index contributed by atoms with van der Waals surface area (Å²) in [5.41, 5.74) is 2.14. The van der Waals surface area contributed by atoms with Crippen LogP contribution in [0.25, 0.3) is 5.69 Å². The van der Waals surface area contributed by atoms with Crippen LogP contribution in [0.2, 0.25) is 0 Å². The van der Waals surface area contributed by atoms with Crippen LogP contribution in [0.1, 0.15) is 42.9 Å². The molecule has 1 aromatic carbocycles. The van der Waals surface area contributed by atoms with Crippen LogP contribution in [0.4, 0.5) is 0 Å². The normalized spacial score (nSPS) is 10.6. The number of carbonyl (C=O) groups is 1. The lowest BCUT2D eigenvalue weighted by molar-refractivity contribution is 0.0749. The molecule has 0 aliphatic carbocycles. The van der Waals surface area contributed by atoms with Gasteiger partial charge in [0.25, 0.3) is 5.91 Å². The smallest absolute Gasteiger partial charge is 0.276 e. The Morgan fingerprint density at radius 2 is 1.76 bits per heavy atom. The molecule has 0 saturated carbocycles. The summed E-state index contributed by atoms with van der Waals surface area (Å²) in [7, 11) is 0. The molecule has 0 bridgehead atoms. The van der Waals surface area contributed by atoms with Gasteiger partial charge in [0.2, 0.25) is 0 Å². The molecule has 5 heteroatoms. The van der Waals surface area contributed by atoms with Crippen LogP contribution >= 0.6 is 0 Å². The van der Waals surface area contributed by atoms with Gasteiger partial charge in [-0.3, -0.25) is 4.79 Å². The fourth-order valence-corrected chi connectivity index (χ4v) is 2.35. The van der Waals surface area contributed by atoms with Crippen molar-refractivity contribution in [3.8, 4) is 5.69 Å². The van der Waals surface area contributed by atoms with Crippen LogP contribution in [-0.2, 0) is 0 Å². The third kappa shape index (κ3) is 3.29. The fraction of sp³-hybridized carbons (Fsp3) is 0.438. The van der Waals surface area contributed by atoms with E-state index in [0.29, 0.717) is 5.69 Å². The number of rotatable bonds is 6. The molecule has 2 rings (SSSR count). The van der Waals surface area contributed by atoms with Gasteiger partial charge in [0.15, 0.2) is 5.69 Å². The Labute approximate surface area is 125 Å². The largest absolute Gasteiger partial charge is 0.337 e. The van der Waals surface area contributed by atoms with Crippen LogP contribution in [0.15, 0.2) is 30.3 Å². The predicted octanol–water partition coefficient (Wildman–Crippen LogP) is 2.84. The van der Waals surface area contributed by atoms with Crippen molar-refractivity contribution in [2.75, 3.05) is 13.1 Å². The molecule has 0 aliphatic heterocycles. The Balaban J connectivity index is 2.29. The molecule has 112 valence electrons. The van der Waals surface area contributed by atoms with E-state index in [1.54, 1.807) is 4.68 Å². The van der Waals surface area contributed by atoms with Crippen molar-refractivity contribution < 1.29 is 4.79 Å². The Morgan fingerprint density at radius 3 is 2.33 bits per heavy atom. The minimum Gasteiger partial charge on any atom is -0.337 e. The summed E-state index contributed by atoms with van der Waals surface area (Å²) < 4.78 is 1.71. The zero-order chi connectivity index (χ0) is 15.2. The number of nitrogens with zero attached hydrogens (tertiary/aromatic N) is 4. The molecule has 0 spiro atoms. The third-order valence-electron chi connectivity index (χ3n) is 3.37. The first-order valence-electron chi connectivity index (χ1n) is 7.46. The van der Waals surface area contributed by atoms with Crippen molar-refractivity contribution in [2.45, 2.75) is 33.6 Å². The first kappa shape index (κ1) is 15.2. The quantitative estimate of drug-likeness (QED) is 0.820. The summed E-state index contributed by atoms with van der Waals surface area (Å²) in [5, 5.41) is 8.23. The van der Waals surface area contributed by atoms with Crippen molar-refractivity contribution in [2.24, 2.45) is 0 Å². The van der Waals surface area contributed by atoms with Crippen molar-refractivity contribution >= 4 is 5.91 Å². The lowest BCUT2D eigenvalue weighted by atomic mass is 10.2. The van der Waals surface area contributed by atoms with Gasteiger partial charge >= 0.3 is 0 Å². The van der Waals surface area contributed by atoms with E-state index in [4.69, 9.17) is 0 Å². The van der Waals surface area contributed by atoms with E-state index < -0.39 is 0 Å². The van der Waals surface area contributed by atoms with Gasteiger partial charge in [-0.15, -0.1) is 5.10 Å². The zero-order valence-corrected chi connectivity index (χ0v) is 12.9. The molecule has 1 aromatic heterocycles. The maximum atomic E-state index is 12.6. The number of benzene rings is 1. The molecule has 0 radical (unpaired) electrons. The van der Waals surface area contributed by atoms with E-state index in [2.05, 4.69) is 24.2 Å². The highest BCUT2D eigenvalue weighted by molar-refractivity contribution is 5.93. The van der Waals surface area contributed by atoms with Crippen molar-refractivity contribution in [1.82, 2.24) is 19.9 Å². The molecular weight excluding hydrogens is 264 g/mol. The summed E-state index contributed by atoms with van der Waals surface area (Å²) >= 11 is 0. The second-order valence-electron chi connectivity index (χ2n) is 5.06. The second-order valence-corrected chi connectivity index (χ2v) is 5.06. The van der Waals surface area contributed by atoms with Crippen LogP contribution < -0.4 is 0 Å². The number of para-hydroxylation sites is 1. The first-order valence-corrected chi connectivity index (χ1v) is 7.46. The molecule has 21 heavy (non-hydrogen) atoms. The fourth-order valence-electron chi connectivity index (χ4n) is 2.35. The molecule has 5 nitrogen and oxygen atoms in total. The Bertz CT molecular complexity index is 586. The van der Waals surface area contributed by atoms with Crippen LogP contribution in [-0.4, -0.2) is 38.9 Å². The maximum Gasteiger partial charge on any atom is 0.276 e. The van der Waals surface area contributed by atoms with E-state index >= 15 is 0 Å². The average Bonchev–Trinajstić information content (AvgIpc) is 2.89. The van der Waals surface area contributed by atoms with Crippen LogP contribution in [0, 0.1) is 6.92 Å². The topological polar surface area (TPSA) is 51.0 Å². The van der Waals surface area contributed by atoms with Gasteiger partial charge in [0.05, 0.1) is 11.4 Å². The summed E-state index contributed by atoms with van der Waals surface area (Å²) in [4.78, 5) is 14.5. The predicted molar refractivity (Wildman–Crippen MR) is 82.6 cm³/mol. The SMILES string of the molecule is CCCN(CCC)C(=O)c1nnn(-c2ccccc2)c1C. The van der Waals surface area contributed by atoms with Crippen molar-refractivity contribution in [1.29, 1.82) is 0 Å². The number of aromatic nitrogens is 3. The lowest BCUT2D eigenvalue weighted by Gasteiger charge is -2.20. The maximum absolute atomic E-state index is 12.6. The lowest BCUT2D eigenvalue weighted by Crippen LogP contribution is -2.33. The summed E-state index contributed by atoms with van der Waals surface area (Å²) in [6.45, 7) is 7.54. The first-order chi connectivity index (χ1) is 10.2. The van der Waals surface area contributed by atoms with Gasteiger partial charge in [-0.1, -0.05) is 37.3 Å².